The molecule has 0 saturated carbocycles. The average molecular weight is 447 g/mol. The van der Waals surface area contributed by atoms with E-state index in [1.807, 2.05) is 30.3 Å². The summed E-state index contributed by atoms with van der Waals surface area (Å²) in [5, 5.41) is 2.70. The number of amides is 1. The Hall–Kier alpha value is -2.91. The highest BCUT2D eigenvalue weighted by Gasteiger charge is 2.25. The normalized spacial score (nSPS) is 11.3. The van der Waals surface area contributed by atoms with Crippen molar-refractivity contribution >= 4 is 33.2 Å². The molecule has 0 heterocycles. The largest absolute Gasteiger partial charge is 0.457 e. The summed E-state index contributed by atoms with van der Waals surface area (Å²) in [6.07, 6.45) is 0. The lowest BCUT2D eigenvalue weighted by Gasteiger charge is -2.16. The summed E-state index contributed by atoms with van der Waals surface area (Å²) < 4.78 is 31.4. The van der Waals surface area contributed by atoms with Gasteiger partial charge in [-0.3, -0.25) is 9.63 Å². The molecule has 0 saturated heterocycles. The van der Waals surface area contributed by atoms with E-state index in [0.717, 1.165) is 0 Å². The van der Waals surface area contributed by atoms with Crippen LogP contribution in [-0.4, -0.2) is 33.0 Å². The third kappa shape index (κ3) is 4.98. The van der Waals surface area contributed by atoms with Gasteiger partial charge in [0.2, 0.25) is 0 Å². The molecule has 1 amide bonds. The van der Waals surface area contributed by atoms with Gasteiger partial charge in [0, 0.05) is 24.4 Å². The Balaban J connectivity index is 1.81. The number of rotatable bonds is 7. The molecule has 0 atom stereocenters. The van der Waals surface area contributed by atoms with E-state index in [1.165, 1.54) is 32.4 Å². The molecule has 0 spiro atoms. The number of nitrogens with one attached hydrogen (secondary N) is 1. The minimum absolute atomic E-state index is 0.0197. The number of carbonyl (C=O) groups excluding carboxylic acids is 1. The van der Waals surface area contributed by atoms with Crippen molar-refractivity contribution in [1.29, 1.82) is 0 Å². The molecule has 0 aliphatic rings. The molecule has 0 aromatic heterocycles. The van der Waals surface area contributed by atoms with Crippen LogP contribution in [0.3, 0.4) is 0 Å². The molecule has 0 aliphatic heterocycles. The number of nitrogens with zero attached hydrogens (tertiary/aromatic N) is 1. The van der Waals surface area contributed by atoms with E-state index < -0.39 is 15.9 Å². The Morgan fingerprint density at radius 3 is 2.37 bits per heavy atom. The number of halogens is 1. The van der Waals surface area contributed by atoms with Gasteiger partial charge in [0.1, 0.15) is 16.4 Å². The first-order chi connectivity index (χ1) is 14.3. The summed E-state index contributed by atoms with van der Waals surface area (Å²) in [7, 11) is -1.56. The maximum absolute atomic E-state index is 12.7. The lowest BCUT2D eigenvalue weighted by molar-refractivity contribution is -0.0258. The Labute approximate surface area is 179 Å². The minimum Gasteiger partial charge on any atom is -0.457 e. The highest BCUT2D eigenvalue weighted by atomic mass is 35.5. The number of ether oxygens (including phenoxy) is 1. The molecule has 3 aromatic carbocycles. The maximum atomic E-state index is 12.7. The zero-order valence-electron chi connectivity index (χ0n) is 16.2. The Bertz CT molecular complexity index is 1150. The number of para-hydroxylation sites is 1. The highest BCUT2D eigenvalue weighted by Crippen LogP contribution is 2.27. The zero-order valence-corrected chi connectivity index (χ0v) is 17.8. The standard InChI is InChI=1S/C21H19ClN2O5S/c1-24(28-2)30(26,27)20-13-15(11-12-19(20)22)21(25)23-16-7-6-10-18(14-16)29-17-8-4-3-5-9-17/h3-14H,1-2H3,(H,23,25). The summed E-state index contributed by atoms with van der Waals surface area (Å²) in [4.78, 5) is 17.2. The van der Waals surface area contributed by atoms with Crippen LogP contribution in [0.25, 0.3) is 0 Å². The second kappa shape index (κ2) is 9.27. The summed E-state index contributed by atoms with van der Waals surface area (Å²) in [6.45, 7) is 0. The fraction of sp³-hybridized carbons (Fsp3) is 0.0952. The van der Waals surface area contributed by atoms with Gasteiger partial charge in [-0.1, -0.05) is 40.3 Å². The fourth-order valence-electron chi connectivity index (χ4n) is 2.54. The van der Waals surface area contributed by atoms with E-state index in [-0.39, 0.29) is 15.5 Å². The van der Waals surface area contributed by atoms with Crippen molar-refractivity contribution in [3.63, 3.8) is 0 Å². The predicted molar refractivity (Wildman–Crippen MR) is 114 cm³/mol. The van der Waals surface area contributed by atoms with Crippen LogP contribution in [0, 0.1) is 0 Å². The van der Waals surface area contributed by atoms with Crippen molar-refractivity contribution < 1.29 is 22.8 Å². The third-order valence-electron chi connectivity index (χ3n) is 4.14. The van der Waals surface area contributed by atoms with E-state index in [4.69, 9.17) is 21.2 Å². The van der Waals surface area contributed by atoms with Crippen molar-refractivity contribution in [1.82, 2.24) is 4.47 Å². The summed E-state index contributed by atoms with van der Waals surface area (Å²) in [5.74, 6) is 0.705. The SMILES string of the molecule is CON(C)S(=O)(=O)c1cc(C(=O)Nc2cccc(Oc3ccccc3)c2)ccc1Cl. The Kier molecular flexibility index (Phi) is 6.73. The molecule has 0 aliphatic carbocycles. The number of benzene rings is 3. The lowest BCUT2D eigenvalue weighted by atomic mass is 10.2. The van der Waals surface area contributed by atoms with Crippen molar-refractivity contribution in [2.45, 2.75) is 4.90 Å². The Morgan fingerprint density at radius 1 is 0.967 bits per heavy atom. The van der Waals surface area contributed by atoms with Gasteiger partial charge < -0.3 is 10.1 Å². The smallest absolute Gasteiger partial charge is 0.266 e. The first-order valence-corrected chi connectivity index (χ1v) is 10.6. The molecule has 0 radical (unpaired) electrons. The van der Waals surface area contributed by atoms with Gasteiger partial charge >= 0.3 is 0 Å². The summed E-state index contributed by atoms with van der Waals surface area (Å²) >= 11 is 6.03. The van der Waals surface area contributed by atoms with Crippen LogP contribution in [0.2, 0.25) is 5.02 Å². The van der Waals surface area contributed by atoms with Crippen LogP contribution < -0.4 is 10.1 Å². The molecule has 0 bridgehead atoms. The van der Waals surface area contributed by atoms with Crippen molar-refractivity contribution in [2.24, 2.45) is 0 Å². The van der Waals surface area contributed by atoms with Gasteiger partial charge in [-0.05, 0) is 42.5 Å². The zero-order chi connectivity index (χ0) is 21.7. The number of hydrogen-bond donors (Lipinski definition) is 1. The topological polar surface area (TPSA) is 84.9 Å². The Morgan fingerprint density at radius 2 is 1.67 bits per heavy atom. The molecule has 156 valence electrons. The summed E-state index contributed by atoms with van der Waals surface area (Å²) in [5.41, 5.74) is 0.610. The molecular weight excluding hydrogens is 428 g/mol. The molecule has 30 heavy (non-hydrogen) atoms. The first-order valence-electron chi connectivity index (χ1n) is 8.78. The van der Waals surface area contributed by atoms with E-state index >= 15 is 0 Å². The van der Waals surface area contributed by atoms with Gasteiger partial charge in [-0.15, -0.1) is 0 Å². The third-order valence-corrected chi connectivity index (χ3v) is 6.30. The number of hydroxylamine groups is 1. The summed E-state index contributed by atoms with van der Waals surface area (Å²) in [6, 6.07) is 20.1. The molecular formula is C21H19ClN2O5S. The molecule has 1 N–H and O–H groups in total. The van der Waals surface area contributed by atoms with Crippen LogP contribution in [0.1, 0.15) is 10.4 Å². The van der Waals surface area contributed by atoms with Crippen LogP contribution in [0.5, 0.6) is 11.5 Å². The number of anilines is 1. The van der Waals surface area contributed by atoms with E-state index in [0.29, 0.717) is 21.7 Å². The second-order valence-corrected chi connectivity index (χ2v) is 8.45. The number of hydrogen-bond acceptors (Lipinski definition) is 5. The van der Waals surface area contributed by atoms with Crippen molar-refractivity contribution in [3.8, 4) is 11.5 Å². The molecule has 7 nitrogen and oxygen atoms in total. The first kappa shape index (κ1) is 21.8. The van der Waals surface area contributed by atoms with Gasteiger partial charge in [0.25, 0.3) is 15.9 Å². The molecule has 3 aromatic rings. The van der Waals surface area contributed by atoms with Gasteiger partial charge in [0.15, 0.2) is 0 Å². The van der Waals surface area contributed by atoms with Gasteiger partial charge in [0.05, 0.1) is 12.1 Å². The highest BCUT2D eigenvalue weighted by molar-refractivity contribution is 7.89. The molecule has 0 fully saturated rings. The van der Waals surface area contributed by atoms with Crippen molar-refractivity contribution in [3.05, 3.63) is 83.4 Å². The minimum atomic E-state index is -4.01. The van der Waals surface area contributed by atoms with Crippen LogP contribution in [0.15, 0.2) is 77.7 Å². The fourth-order valence-corrected chi connectivity index (χ4v) is 4.02. The molecule has 3 rings (SSSR count). The number of carbonyl (C=O) groups is 1. The van der Waals surface area contributed by atoms with E-state index in [2.05, 4.69) is 5.32 Å². The van der Waals surface area contributed by atoms with Crippen LogP contribution in [-0.2, 0) is 14.9 Å². The van der Waals surface area contributed by atoms with Crippen LogP contribution in [0.4, 0.5) is 5.69 Å². The van der Waals surface area contributed by atoms with Gasteiger partial charge in [-0.25, -0.2) is 8.42 Å². The number of sulfonamides is 1. The second-order valence-electron chi connectivity index (χ2n) is 6.14. The maximum Gasteiger partial charge on any atom is 0.266 e. The molecule has 9 heteroatoms. The van der Waals surface area contributed by atoms with E-state index in [9.17, 15) is 13.2 Å². The average Bonchev–Trinajstić information content (AvgIpc) is 2.74. The predicted octanol–water partition coefficient (Wildman–Crippen LogP) is 4.57. The quantitative estimate of drug-likeness (QED) is 0.537. The van der Waals surface area contributed by atoms with Crippen LogP contribution >= 0.6 is 11.6 Å². The van der Waals surface area contributed by atoms with E-state index in [1.54, 1.807) is 24.3 Å². The lowest BCUT2D eigenvalue weighted by Crippen LogP contribution is -2.26. The van der Waals surface area contributed by atoms with Gasteiger partial charge in [-0.2, -0.15) is 0 Å². The molecule has 0 unspecified atom stereocenters. The van der Waals surface area contributed by atoms with Crippen molar-refractivity contribution in [2.75, 3.05) is 19.5 Å². The monoisotopic (exact) mass is 446 g/mol.